The summed E-state index contributed by atoms with van der Waals surface area (Å²) in [5, 5.41) is 3.33. The molecule has 2 atom stereocenters. The monoisotopic (exact) mass is 199 g/mol. The van der Waals surface area contributed by atoms with Gasteiger partial charge in [-0.3, -0.25) is 4.79 Å². The van der Waals surface area contributed by atoms with Crippen LogP contribution in [-0.2, 0) is 14.3 Å². The van der Waals surface area contributed by atoms with Crippen LogP contribution in [0.3, 0.4) is 0 Å². The van der Waals surface area contributed by atoms with Gasteiger partial charge in [-0.15, -0.1) is 0 Å². The topological polar surface area (TPSA) is 47.6 Å². The van der Waals surface area contributed by atoms with Crippen molar-refractivity contribution in [1.82, 2.24) is 5.32 Å². The van der Waals surface area contributed by atoms with Crippen molar-refractivity contribution < 1.29 is 14.3 Å². The van der Waals surface area contributed by atoms with Gasteiger partial charge in [-0.05, 0) is 19.3 Å². The fourth-order valence-electron chi connectivity index (χ4n) is 1.84. The molecule has 2 rings (SSSR count). The number of carbonyl (C=O) groups is 1. The van der Waals surface area contributed by atoms with E-state index in [1.165, 1.54) is 20.0 Å². The van der Waals surface area contributed by atoms with E-state index in [2.05, 4.69) is 5.32 Å². The van der Waals surface area contributed by atoms with Crippen molar-refractivity contribution in [1.29, 1.82) is 0 Å². The fraction of sp³-hybridized carbons (Fsp3) is 0.900. The Morgan fingerprint density at radius 2 is 2.29 bits per heavy atom. The van der Waals surface area contributed by atoms with E-state index in [0.717, 1.165) is 13.0 Å². The molecule has 80 valence electrons. The average Bonchev–Trinajstić information content (AvgIpc) is 2.86. The number of esters is 1. The molecule has 1 aliphatic carbocycles. The third kappa shape index (κ3) is 2.25. The van der Waals surface area contributed by atoms with Crippen LogP contribution in [-0.4, -0.2) is 38.4 Å². The summed E-state index contributed by atoms with van der Waals surface area (Å²) in [7, 11) is 1.44. The SMILES string of the molecule is COC(=O)C(NC1CC1)C1CCOC1. The van der Waals surface area contributed by atoms with Gasteiger partial charge < -0.3 is 14.8 Å². The summed E-state index contributed by atoms with van der Waals surface area (Å²) in [4.78, 5) is 11.5. The molecule has 0 aromatic carbocycles. The van der Waals surface area contributed by atoms with E-state index >= 15 is 0 Å². The standard InChI is InChI=1S/C10H17NO3/c1-13-10(12)9(11-8-2-3-8)7-4-5-14-6-7/h7-9,11H,2-6H2,1H3. The van der Waals surface area contributed by atoms with Gasteiger partial charge in [-0.25, -0.2) is 0 Å². The molecule has 1 saturated carbocycles. The van der Waals surface area contributed by atoms with Crippen LogP contribution < -0.4 is 5.32 Å². The molecule has 0 radical (unpaired) electrons. The van der Waals surface area contributed by atoms with Crippen LogP contribution in [0.15, 0.2) is 0 Å². The first kappa shape index (κ1) is 9.93. The molecule has 1 aliphatic heterocycles. The van der Waals surface area contributed by atoms with Gasteiger partial charge in [0.05, 0.1) is 13.7 Å². The molecule has 1 heterocycles. The van der Waals surface area contributed by atoms with Gasteiger partial charge in [0.25, 0.3) is 0 Å². The van der Waals surface area contributed by atoms with Crippen LogP contribution in [0.1, 0.15) is 19.3 Å². The van der Waals surface area contributed by atoms with E-state index in [1.54, 1.807) is 0 Å². The van der Waals surface area contributed by atoms with Gasteiger partial charge in [-0.2, -0.15) is 0 Å². The zero-order chi connectivity index (χ0) is 9.97. The molecule has 1 saturated heterocycles. The van der Waals surface area contributed by atoms with Crippen molar-refractivity contribution in [3.63, 3.8) is 0 Å². The third-order valence-electron chi connectivity index (χ3n) is 2.88. The smallest absolute Gasteiger partial charge is 0.323 e. The summed E-state index contributed by atoms with van der Waals surface area (Å²) in [5.74, 6) is 0.149. The Hall–Kier alpha value is -0.610. The minimum Gasteiger partial charge on any atom is -0.468 e. The van der Waals surface area contributed by atoms with Crippen LogP contribution in [0.4, 0.5) is 0 Å². The maximum absolute atomic E-state index is 11.5. The first-order valence-electron chi connectivity index (χ1n) is 5.23. The normalized spacial score (nSPS) is 28.8. The lowest BCUT2D eigenvalue weighted by Crippen LogP contribution is -2.45. The van der Waals surface area contributed by atoms with Crippen LogP contribution in [0.5, 0.6) is 0 Å². The summed E-state index contributed by atoms with van der Waals surface area (Å²) in [6.07, 6.45) is 3.32. The van der Waals surface area contributed by atoms with Gasteiger partial charge in [0.1, 0.15) is 6.04 Å². The van der Waals surface area contributed by atoms with Crippen LogP contribution >= 0.6 is 0 Å². The molecule has 0 aromatic rings. The largest absolute Gasteiger partial charge is 0.468 e. The highest BCUT2D eigenvalue weighted by molar-refractivity contribution is 5.76. The number of methoxy groups -OCH3 is 1. The van der Waals surface area contributed by atoms with E-state index in [0.29, 0.717) is 18.6 Å². The van der Waals surface area contributed by atoms with E-state index in [9.17, 15) is 4.79 Å². The molecule has 2 aliphatic rings. The van der Waals surface area contributed by atoms with Crippen molar-refractivity contribution >= 4 is 5.97 Å². The summed E-state index contributed by atoms with van der Waals surface area (Å²) < 4.78 is 10.1. The molecular formula is C10H17NO3. The molecule has 0 amide bonds. The maximum Gasteiger partial charge on any atom is 0.323 e. The molecule has 1 N–H and O–H groups in total. The number of hydrogen-bond donors (Lipinski definition) is 1. The van der Waals surface area contributed by atoms with Crippen LogP contribution in [0, 0.1) is 5.92 Å². The zero-order valence-corrected chi connectivity index (χ0v) is 8.49. The Morgan fingerprint density at radius 3 is 2.79 bits per heavy atom. The highest BCUT2D eigenvalue weighted by atomic mass is 16.5. The van der Waals surface area contributed by atoms with Crippen molar-refractivity contribution in [2.45, 2.75) is 31.3 Å². The molecular weight excluding hydrogens is 182 g/mol. The molecule has 14 heavy (non-hydrogen) atoms. The maximum atomic E-state index is 11.5. The summed E-state index contributed by atoms with van der Waals surface area (Å²) in [6, 6.07) is 0.370. The summed E-state index contributed by atoms with van der Waals surface area (Å²) >= 11 is 0. The first-order chi connectivity index (χ1) is 6.81. The predicted octanol–water partition coefficient (Wildman–Crippen LogP) is 0.316. The predicted molar refractivity (Wildman–Crippen MR) is 50.9 cm³/mol. The second kappa shape index (κ2) is 4.28. The minimum absolute atomic E-state index is 0.146. The molecule has 0 spiro atoms. The number of rotatable bonds is 4. The van der Waals surface area contributed by atoms with Gasteiger partial charge in [0.2, 0.25) is 0 Å². The van der Waals surface area contributed by atoms with E-state index in [4.69, 9.17) is 9.47 Å². The Balaban J connectivity index is 1.92. The number of ether oxygens (including phenoxy) is 2. The Morgan fingerprint density at radius 1 is 1.50 bits per heavy atom. The molecule has 2 unspecified atom stereocenters. The second-order valence-corrected chi connectivity index (χ2v) is 4.07. The molecule has 0 bridgehead atoms. The Bertz CT molecular complexity index is 209. The molecule has 2 fully saturated rings. The van der Waals surface area contributed by atoms with Crippen molar-refractivity contribution in [3.05, 3.63) is 0 Å². The lowest BCUT2D eigenvalue weighted by molar-refractivity contribution is -0.144. The van der Waals surface area contributed by atoms with Crippen molar-refractivity contribution in [2.75, 3.05) is 20.3 Å². The lowest BCUT2D eigenvalue weighted by Gasteiger charge is -2.20. The van der Waals surface area contributed by atoms with Crippen molar-refractivity contribution in [2.24, 2.45) is 5.92 Å². The number of carbonyl (C=O) groups excluding carboxylic acids is 1. The molecule has 4 nitrogen and oxygen atoms in total. The Labute approximate surface area is 84.0 Å². The summed E-state index contributed by atoms with van der Waals surface area (Å²) in [6.45, 7) is 1.45. The number of hydrogen-bond acceptors (Lipinski definition) is 4. The van der Waals surface area contributed by atoms with Gasteiger partial charge in [0, 0.05) is 18.6 Å². The summed E-state index contributed by atoms with van der Waals surface area (Å²) in [5.41, 5.74) is 0. The zero-order valence-electron chi connectivity index (χ0n) is 8.49. The van der Waals surface area contributed by atoms with Crippen LogP contribution in [0.25, 0.3) is 0 Å². The second-order valence-electron chi connectivity index (χ2n) is 4.07. The van der Waals surface area contributed by atoms with Crippen LogP contribution in [0.2, 0.25) is 0 Å². The number of nitrogens with one attached hydrogen (secondary N) is 1. The molecule has 4 heteroatoms. The quantitative estimate of drug-likeness (QED) is 0.662. The van der Waals surface area contributed by atoms with Gasteiger partial charge >= 0.3 is 5.97 Å². The van der Waals surface area contributed by atoms with E-state index < -0.39 is 0 Å². The van der Waals surface area contributed by atoms with Gasteiger partial charge in [-0.1, -0.05) is 0 Å². The molecule has 0 aromatic heterocycles. The fourth-order valence-corrected chi connectivity index (χ4v) is 1.84. The van der Waals surface area contributed by atoms with E-state index in [-0.39, 0.29) is 12.0 Å². The van der Waals surface area contributed by atoms with E-state index in [1.807, 2.05) is 0 Å². The first-order valence-corrected chi connectivity index (χ1v) is 5.23. The third-order valence-corrected chi connectivity index (χ3v) is 2.88. The Kier molecular flexibility index (Phi) is 3.03. The minimum atomic E-state index is -0.157. The average molecular weight is 199 g/mol. The van der Waals surface area contributed by atoms with Crippen molar-refractivity contribution in [3.8, 4) is 0 Å². The highest BCUT2D eigenvalue weighted by Crippen LogP contribution is 2.24. The highest BCUT2D eigenvalue weighted by Gasteiger charge is 2.36. The lowest BCUT2D eigenvalue weighted by atomic mass is 9.99. The van der Waals surface area contributed by atoms with Gasteiger partial charge in [0.15, 0.2) is 0 Å².